The lowest BCUT2D eigenvalue weighted by molar-refractivity contribution is 0.170. The minimum atomic E-state index is -0.196. The van der Waals surface area contributed by atoms with Crippen LogP contribution in [0.2, 0.25) is 0 Å². The third-order valence-electron chi connectivity index (χ3n) is 2.29. The van der Waals surface area contributed by atoms with E-state index in [9.17, 15) is 4.39 Å². The lowest BCUT2D eigenvalue weighted by Gasteiger charge is -2.17. The Bertz CT molecular complexity index is 301. The molecular formula is C11H16FNO. The second-order valence-corrected chi connectivity index (χ2v) is 3.30. The summed E-state index contributed by atoms with van der Waals surface area (Å²) in [6.45, 7) is 2.49. The fraction of sp³-hybridized carbons (Fsp3) is 0.455. The van der Waals surface area contributed by atoms with Crippen molar-refractivity contribution >= 4 is 0 Å². The number of rotatable bonds is 4. The first-order valence-corrected chi connectivity index (χ1v) is 4.61. The molecule has 0 aliphatic rings. The topological polar surface area (TPSA) is 21.3 Å². The highest BCUT2D eigenvalue weighted by Gasteiger charge is 2.11. The quantitative estimate of drug-likeness (QED) is 0.797. The summed E-state index contributed by atoms with van der Waals surface area (Å²) in [7, 11) is 3.52. The average molecular weight is 197 g/mol. The van der Waals surface area contributed by atoms with Gasteiger partial charge in [0.15, 0.2) is 0 Å². The minimum Gasteiger partial charge on any atom is -0.383 e. The van der Waals surface area contributed by atoms with Crippen LogP contribution in [0.25, 0.3) is 0 Å². The lowest BCUT2D eigenvalue weighted by Crippen LogP contribution is -2.22. The molecule has 2 nitrogen and oxygen atoms in total. The molecule has 78 valence electrons. The van der Waals surface area contributed by atoms with Gasteiger partial charge >= 0.3 is 0 Å². The summed E-state index contributed by atoms with van der Waals surface area (Å²) < 4.78 is 17.9. The molecule has 0 heterocycles. The van der Waals surface area contributed by atoms with E-state index >= 15 is 0 Å². The summed E-state index contributed by atoms with van der Waals surface area (Å²) in [5.74, 6) is -0.196. The van der Waals surface area contributed by atoms with E-state index in [0.29, 0.717) is 6.61 Å². The van der Waals surface area contributed by atoms with Crippen molar-refractivity contribution in [2.24, 2.45) is 0 Å². The van der Waals surface area contributed by atoms with E-state index in [0.717, 1.165) is 11.1 Å². The van der Waals surface area contributed by atoms with Crippen LogP contribution < -0.4 is 5.32 Å². The first-order valence-electron chi connectivity index (χ1n) is 4.61. The molecule has 0 bridgehead atoms. The number of hydrogen-bond acceptors (Lipinski definition) is 2. The smallest absolute Gasteiger partial charge is 0.123 e. The summed E-state index contributed by atoms with van der Waals surface area (Å²) in [4.78, 5) is 0. The fourth-order valence-electron chi connectivity index (χ4n) is 1.53. The summed E-state index contributed by atoms with van der Waals surface area (Å²) in [6.07, 6.45) is 0. The molecule has 0 aliphatic heterocycles. The Labute approximate surface area is 84.1 Å². The van der Waals surface area contributed by atoms with Crippen molar-refractivity contribution < 1.29 is 9.13 Å². The molecule has 0 radical (unpaired) electrons. The van der Waals surface area contributed by atoms with Gasteiger partial charge in [0.2, 0.25) is 0 Å². The van der Waals surface area contributed by atoms with Gasteiger partial charge in [-0.3, -0.25) is 0 Å². The molecular weight excluding hydrogens is 181 g/mol. The van der Waals surface area contributed by atoms with Gasteiger partial charge in [0.05, 0.1) is 12.6 Å². The van der Waals surface area contributed by atoms with Gasteiger partial charge in [-0.2, -0.15) is 0 Å². The zero-order valence-corrected chi connectivity index (χ0v) is 8.80. The number of ether oxygens (including phenoxy) is 1. The standard InChI is InChI=1S/C11H16FNO/c1-8-6-9(12)4-5-10(8)11(13-2)7-14-3/h4-6,11,13H,7H2,1-3H3. The molecule has 1 atom stereocenters. The molecule has 1 unspecified atom stereocenters. The number of halogens is 1. The van der Waals surface area contributed by atoms with Crippen LogP contribution in [0.5, 0.6) is 0 Å². The van der Waals surface area contributed by atoms with Crippen LogP contribution in [0, 0.1) is 12.7 Å². The maximum Gasteiger partial charge on any atom is 0.123 e. The van der Waals surface area contributed by atoms with Crippen LogP contribution in [-0.2, 0) is 4.74 Å². The maximum atomic E-state index is 12.8. The third-order valence-corrected chi connectivity index (χ3v) is 2.29. The molecule has 0 saturated heterocycles. The molecule has 0 aliphatic carbocycles. The molecule has 0 spiro atoms. The minimum absolute atomic E-state index is 0.126. The molecule has 0 aromatic heterocycles. The first kappa shape index (κ1) is 11.1. The second-order valence-electron chi connectivity index (χ2n) is 3.30. The number of benzene rings is 1. The van der Waals surface area contributed by atoms with Crippen LogP contribution in [0.4, 0.5) is 4.39 Å². The first-order chi connectivity index (χ1) is 6.69. The van der Waals surface area contributed by atoms with Crippen LogP contribution in [-0.4, -0.2) is 20.8 Å². The molecule has 3 heteroatoms. The van der Waals surface area contributed by atoms with Crippen molar-refractivity contribution in [3.63, 3.8) is 0 Å². The zero-order valence-electron chi connectivity index (χ0n) is 8.80. The molecule has 1 N–H and O–H groups in total. The summed E-state index contributed by atoms with van der Waals surface area (Å²) in [6, 6.07) is 4.93. The molecule has 1 aromatic rings. The van der Waals surface area contributed by atoms with Crippen molar-refractivity contribution in [3.8, 4) is 0 Å². The van der Waals surface area contributed by atoms with E-state index in [-0.39, 0.29) is 11.9 Å². The molecule has 1 rings (SSSR count). The van der Waals surface area contributed by atoms with Crippen molar-refractivity contribution in [1.82, 2.24) is 5.32 Å². The van der Waals surface area contributed by atoms with Gasteiger partial charge in [0.1, 0.15) is 5.82 Å². The Kier molecular flexibility index (Phi) is 4.04. The van der Waals surface area contributed by atoms with Crippen LogP contribution in [0.3, 0.4) is 0 Å². The van der Waals surface area contributed by atoms with Crippen LogP contribution in [0.1, 0.15) is 17.2 Å². The number of methoxy groups -OCH3 is 1. The maximum absolute atomic E-state index is 12.8. The van der Waals surface area contributed by atoms with Gasteiger partial charge in [-0.15, -0.1) is 0 Å². The predicted octanol–water partition coefficient (Wildman–Crippen LogP) is 2.04. The summed E-state index contributed by atoms with van der Waals surface area (Å²) in [5.41, 5.74) is 2.03. The second kappa shape index (κ2) is 5.08. The zero-order chi connectivity index (χ0) is 10.6. The molecule has 0 fully saturated rings. The predicted molar refractivity (Wildman–Crippen MR) is 54.8 cm³/mol. The lowest BCUT2D eigenvalue weighted by atomic mass is 10.0. The Morgan fingerprint density at radius 1 is 1.50 bits per heavy atom. The van der Waals surface area contributed by atoms with Crippen molar-refractivity contribution in [1.29, 1.82) is 0 Å². The van der Waals surface area contributed by atoms with E-state index in [1.165, 1.54) is 12.1 Å². The number of likely N-dealkylation sites (N-methyl/N-ethyl adjacent to an activating group) is 1. The fourth-order valence-corrected chi connectivity index (χ4v) is 1.53. The molecule has 14 heavy (non-hydrogen) atoms. The SMILES string of the molecule is CNC(COC)c1ccc(F)cc1C. The number of hydrogen-bond donors (Lipinski definition) is 1. The molecule has 0 amide bonds. The number of aryl methyl sites for hydroxylation is 1. The molecule has 0 saturated carbocycles. The normalized spacial score (nSPS) is 12.9. The number of nitrogens with one attached hydrogen (secondary N) is 1. The third kappa shape index (κ3) is 2.53. The van der Waals surface area contributed by atoms with Gasteiger partial charge in [-0.05, 0) is 37.2 Å². The summed E-state index contributed by atoms with van der Waals surface area (Å²) >= 11 is 0. The van der Waals surface area contributed by atoms with Crippen molar-refractivity contribution in [2.45, 2.75) is 13.0 Å². The average Bonchev–Trinajstić information content (AvgIpc) is 2.15. The van der Waals surface area contributed by atoms with E-state index in [1.54, 1.807) is 13.2 Å². The van der Waals surface area contributed by atoms with Crippen LogP contribution in [0.15, 0.2) is 18.2 Å². The van der Waals surface area contributed by atoms with E-state index in [4.69, 9.17) is 4.74 Å². The van der Waals surface area contributed by atoms with Crippen molar-refractivity contribution in [3.05, 3.63) is 35.1 Å². The highest BCUT2D eigenvalue weighted by atomic mass is 19.1. The van der Waals surface area contributed by atoms with E-state index < -0.39 is 0 Å². The van der Waals surface area contributed by atoms with E-state index in [1.807, 2.05) is 14.0 Å². The summed E-state index contributed by atoms with van der Waals surface area (Å²) in [5, 5.41) is 3.13. The van der Waals surface area contributed by atoms with Gasteiger partial charge in [0, 0.05) is 7.11 Å². The Hall–Kier alpha value is -0.930. The molecule has 1 aromatic carbocycles. The monoisotopic (exact) mass is 197 g/mol. The van der Waals surface area contributed by atoms with E-state index in [2.05, 4.69) is 5.32 Å². The Balaban J connectivity index is 2.92. The van der Waals surface area contributed by atoms with Gasteiger partial charge in [-0.25, -0.2) is 4.39 Å². The Morgan fingerprint density at radius 3 is 2.71 bits per heavy atom. The van der Waals surface area contributed by atoms with Crippen LogP contribution >= 0.6 is 0 Å². The van der Waals surface area contributed by atoms with Gasteiger partial charge in [0.25, 0.3) is 0 Å². The van der Waals surface area contributed by atoms with Crippen molar-refractivity contribution in [2.75, 3.05) is 20.8 Å². The Morgan fingerprint density at radius 2 is 2.21 bits per heavy atom. The van der Waals surface area contributed by atoms with Gasteiger partial charge < -0.3 is 10.1 Å². The highest BCUT2D eigenvalue weighted by molar-refractivity contribution is 5.29. The largest absolute Gasteiger partial charge is 0.383 e. The highest BCUT2D eigenvalue weighted by Crippen LogP contribution is 2.18. The van der Waals surface area contributed by atoms with Gasteiger partial charge in [-0.1, -0.05) is 6.07 Å².